The molecule has 0 spiro atoms. The second-order valence-corrected chi connectivity index (χ2v) is 6.35. The molecular weight excluding hydrogens is 368 g/mol. The van der Waals surface area contributed by atoms with Gasteiger partial charge in [0.2, 0.25) is 5.91 Å². The van der Waals surface area contributed by atoms with E-state index in [1.54, 1.807) is 18.2 Å². The minimum absolute atomic E-state index is 0.171. The standard InChI is InChI=1S/C18H20N4O6/c1-3-6-19-16(25)20-14(23)10-22-15(24)18(2,21-17(22)26)11-4-5-12-13(9-11)28-8-7-27-12/h3-5,9H,1,6-8,10H2,2H3,(H,21,26)(H2,19,20,23,25)/t18-/m0/s1. The Labute approximate surface area is 160 Å². The third kappa shape index (κ3) is 3.61. The average molecular weight is 388 g/mol. The quantitative estimate of drug-likeness (QED) is 0.490. The highest BCUT2D eigenvalue weighted by Crippen LogP contribution is 2.36. The predicted molar refractivity (Wildman–Crippen MR) is 96.8 cm³/mol. The summed E-state index contributed by atoms with van der Waals surface area (Å²) in [5, 5.41) is 7.00. The van der Waals surface area contributed by atoms with Gasteiger partial charge in [-0.1, -0.05) is 12.1 Å². The number of ether oxygens (including phenoxy) is 2. The van der Waals surface area contributed by atoms with Gasteiger partial charge in [-0.05, 0) is 24.6 Å². The topological polar surface area (TPSA) is 126 Å². The van der Waals surface area contributed by atoms with Crippen LogP contribution >= 0.6 is 0 Å². The molecule has 2 aliphatic rings. The number of nitrogens with one attached hydrogen (secondary N) is 3. The highest BCUT2D eigenvalue weighted by molar-refractivity contribution is 6.10. The van der Waals surface area contributed by atoms with Crippen molar-refractivity contribution < 1.29 is 28.7 Å². The largest absolute Gasteiger partial charge is 0.486 e. The lowest BCUT2D eigenvalue weighted by molar-refractivity contribution is -0.134. The van der Waals surface area contributed by atoms with Crippen molar-refractivity contribution in [3.05, 3.63) is 36.4 Å². The van der Waals surface area contributed by atoms with Crippen LogP contribution in [0.2, 0.25) is 0 Å². The first kappa shape index (κ1) is 19.2. The van der Waals surface area contributed by atoms with Crippen LogP contribution in [-0.4, -0.2) is 55.1 Å². The van der Waals surface area contributed by atoms with E-state index < -0.39 is 36.0 Å². The van der Waals surface area contributed by atoms with Gasteiger partial charge in [-0.15, -0.1) is 6.58 Å². The van der Waals surface area contributed by atoms with Gasteiger partial charge in [-0.25, -0.2) is 9.59 Å². The minimum Gasteiger partial charge on any atom is -0.486 e. The molecule has 148 valence electrons. The van der Waals surface area contributed by atoms with E-state index in [0.717, 1.165) is 4.90 Å². The van der Waals surface area contributed by atoms with Crippen molar-refractivity contribution in [1.82, 2.24) is 20.9 Å². The molecule has 0 bridgehead atoms. The molecule has 1 aromatic rings. The van der Waals surface area contributed by atoms with E-state index in [0.29, 0.717) is 30.3 Å². The maximum atomic E-state index is 12.9. The van der Waals surface area contributed by atoms with Crippen molar-refractivity contribution in [3.8, 4) is 11.5 Å². The number of fused-ring (bicyclic) bond motifs is 1. The SMILES string of the molecule is C=CCNC(=O)NC(=O)CN1C(=O)N[C@@](C)(c2ccc3c(c2)OCCO3)C1=O. The molecule has 1 atom stereocenters. The summed E-state index contributed by atoms with van der Waals surface area (Å²) in [6.07, 6.45) is 1.44. The third-order valence-electron chi connectivity index (χ3n) is 4.36. The monoisotopic (exact) mass is 388 g/mol. The third-order valence-corrected chi connectivity index (χ3v) is 4.36. The van der Waals surface area contributed by atoms with Crippen LogP contribution in [0.1, 0.15) is 12.5 Å². The van der Waals surface area contributed by atoms with E-state index >= 15 is 0 Å². The van der Waals surface area contributed by atoms with Crippen LogP contribution in [0.3, 0.4) is 0 Å². The molecule has 28 heavy (non-hydrogen) atoms. The normalized spacial score (nSPS) is 20.4. The Morgan fingerprint density at radius 1 is 1.29 bits per heavy atom. The summed E-state index contributed by atoms with van der Waals surface area (Å²) in [5.41, 5.74) is -0.889. The Bertz CT molecular complexity index is 854. The van der Waals surface area contributed by atoms with E-state index in [1.807, 2.05) is 5.32 Å². The molecule has 0 aromatic heterocycles. The highest BCUT2D eigenvalue weighted by atomic mass is 16.6. The number of nitrogens with zero attached hydrogens (tertiary/aromatic N) is 1. The summed E-state index contributed by atoms with van der Waals surface area (Å²) in [4.78, 5) is 49.4. The lowest BCUT2D eigenvalue weighted by atomic mass is 9.91. The molecule has 2 aliphatic heterocycles. The van der Waals surface area contributed by atoms with Gasteiger partial charge in [-0.3, -0.25) is 19.8 Å². The van der Waals surface area contributed by atoms with Crippen LogP contribution in [0.4, 0.5) is 9.59 Å². The first-order valence-electron chi connectivity index (χ1n) is 8.58. The lowest BCUT2D eigenvalue weighted by Crippen LogP contribution is -2.47. The fourth-order valence-corrected chi connectivity index (χ4v) is 2.91. The fourth-order valence-electron chi connectivity index (χ4n) is 2.91. The number of amides is 6. The number of carbonyl (C=O) groups is 4. The van der Waals surface area contributed by atoms with Gasteiger partial charge < -0.3 is 20.1 Å². The summed E-state index contributed by atoms with van der Waals surface area (Å²) >= 11 is 0. The van der Waals surface area contributed by atoms with Crippen LogP contribution < -0.4 is 25.4 Å². The number of carbonyl (C=O) groups excluding carboxylic acids is 4. The van der Waals surface area contributed by atoms with Crippen LogP contribution in [-0.2, 0) is 15.1 Å². The summed E-state index contributed by atoms with van der Waals surface area (Å²) in [7, 11) is 0. The molecule has 6 amide bonds. The predicted octanol–water partition coefficient (Wildman–Crippen LogP) is 0.237. The fraction of sp³-hybridized carbons (Fsp3) is 0.333. The van der Waals surface area contributed by atoms with E-state index in [2.05, 4.69) is 17.2 Å². The molecule has 0 saturated carbocycles. The summed E-state index contributed by atoms with van der Waals surface area (Å²) in [6.45, 7) is 5.37. The molecule has 1 aromatic carbocycles. The Kier molecular flexibility index (Phi) is 5.21. The first-order valence-corrected chi connectivity index (χ1v) is 8.58. The number of imide groups is 2. The Balaban J connectivity index is 1.73. The average Bonchev–Trinajstić information content (AvgIpc) is 2.90. The zero-order valence-corrected chi connectivity index (χ0v) is 15.2. The molecular formula is C18H20N4O6. The van der Waals surface area contributed by atoms with Crippen molar-refractivity contribution >= 4 is 23.9 Å². The molecule has 0 radical (unpaired) electrons. The zero-order valence-electron chi connectivity index (χ0n) is 15.2. The van der Waals surface area contributed by atoms with Crippen molar-refractivity contribution in [2.75, 3.05) is 26.3 Å². The van der Waals surface area contributed by atoms with Crippen molar-refractivity contribution in [1.29, 1.82) is 0 Å². The van der Waals surface area contributed by atoms with Gasteiger partial charge in [0.05, 0.1) is 0 Å². The van der Waals surface area contributed by atoms with E-state index in [1.165, 1.54) is 13.0 Å². The molecule has 1 fully saturated rings. The molecule has 3 rings (SSSR count). The maximum absolute atomic E-state index is 12.9. The van der Waals surface area contributed by atoms with Crippen molar-refractivity contribution in [2.24, 2.45) is 0 Å². The minimum atomic E-state index is -1.38. The number of hydrogen-bond acceptors (Lipinski definition) is 6. The molecule has 0 aliphatic carbocycles. The Hall–Kier alpha value is -3.56. The molecule has 10 heteroatoms. The van der Waals surface area contributed by atoms with Crippen LogP contribution in [0.15, 0.2) is 30.9 Å². The van der Waals surface area contributed by atoms with Gasteiger partial charge in [-0.2, -0.15) is 0 Å². The summed E-state index contributed by atoms with van der Waals surface area (Å²) < 4.78 is 11.0. The van der Waals surface area contributed by atoms with E-state index in [4.69, 9.17) is 9.47 Å². The van der Waals surface area contributed by atoms with Gasteiger partial charge in [0.25, 0.3) is 5.91 Å². The Morgan fingerprint density at radius 3 is 2.71 bits per heavy atom. The van der Waals surface area contributed by atoms with Gasteiger partial charge in [0, 0.05) is 6.54 Å². The van der Waals surface area contributed by atoms with Crippen molar-refractivity contribution in [3.63, 3.8) is 0 Å². The zero-order chi connectivity index (χ0) is 20.3. The van der Waals surface area contributed by atoms with Gasteiger partial charge in [0.1, 0.15) is 25.3 Å². The van der Waals surface area contributed by atoms with Gasteiger partial charge in [0.15, 0.2) is 11.5 Å². The van der Waals surface area contributed by atoms with Crippen molar-refractivity contribution in [2.45, 2.75) is 12.5 Å². The lowest BCUT2D eigenvalue weighted by Gasteiger charge is -2.25. The molecule has 10 nitrogen and oxygen atoms in total. The summed E-state index contributed by atoms with van der Waals surface area (Å²) in [5.74, 6) is -0.383. The van der Waals surface area contributed by atoms with Crippen LogP contribution in [0, 0.1) is 0 Å². The molecule has 2 heterocycles. The number of benzene rings is 1. The first-order chi connectivity index (χ1) is 13.3. The summed E-state index contributed by atoms with van der Waals surface area (Å²) in [6, 6.07) is 3.46. The van der Waals surface area contributed by atoms with Crippen LogP contribution in [0.5, 0.6) is 11.5 Å². The highest BCUT2D eigenvalue weighted by Gasteiger charge is 2.49. The maximum Gasteiger partial charge on any atom is 0.325 e. The molecule has 0 unspecified atom stereocenters. The van der Waals surface area contributed by atoms with Gasteiger partial charge >= 0.3 is 12.1 Å². The number of urea groups is 2. The van der Waals surface area contributed by atoms with Crippen LogP contribution in [0.25, 0.3) is 0 Å². The molecule has 1 saturated heterocycles. The second kappa shape index (κ2) is 7.59. The van der Waals surface area contributed by atoms with E-state index in [-0.39, 0.29) is 6.54 Å². The van der Waals surface area contributed by atoms with E-state index in [9.17, 15) is 19.2 Å². The Morgan fingerprint density at radius 2 is 2.00 bits per heavy atom. The molecule has 3 N–H and O–H groups in total. The second-order valence-electron chi connectivity index (χ2n) is 6.35. The smallest absolute Gasteiger partial charge is 0.325 e. The number of rotatable bonds is 5. The number of hydrogen-bond donors (Lipinski definition) is 3.